The van der Waals surface area contributed by atoms with Crippen LogP contribution in [0.15, 0.2) is 0 Å². The number of hydrogen-bond acceptors (Lipinski definition) is 3. The van der Waals surface area contributed by atoms with Gasteiger partial charge in [0.05, 0.1) is 0 Å². The normalized spacial score (nSPS) is 22.2. The van der Waals surface area contributed by atoms with Crippen molar-refractivity contribution in [2.75, 3.05) is 46.8 Å². The summed E-state index contributed by atoms with van der Waals surface area (Å²) in [5, 5.41) is 3.54. The molecular formula is C14H31N3. The molecular weight excluding hydrogens is 210 g/mol. The fourth-order valence-electron chi connectivity index (χ4n) is 2.54. The molecule has 0 bridgehead atoms. The van der Waals surface area contributed by atoms with E-state index in [9.17, 15) is 0 Å². The average Bonchev–Trinajstić information content (AvgIpc) is 2.30. The second kappa shape index (κ2) is 8.90. The van der Waals surface area contributed by atoms with Gasteiger partial charge in [0.2, 0.25) is 0 Å². The summed E-state index contributed by atoms with van der Waals surface area (Å²) in [5.41, 5.74) is 0. The summed E-state index contributed by atoms with van der Waals surface area (Å²) in [7, 11) is 4.27. The minimum absolute atomic E-state index is 0.817. The van der Waals surface area contributed by atoms with Gasteiger partial charge in [-0.25, -0.2) is 0 Å². The first-order valence-corrected chi connectivity index (χ1v) is 7.29. The van der Waals surface area contributed by atoms with E-state index >= 15 is 0 Å². The van der Waals surface area contributed by atoms with E-state index in [-0.39, 0.29) is 0 Å². The van der Waals surface area contributed by atoms with Gasteiger partial charge in [0.15, 0.2) is 0 Å². The molecule has 1 unspecified atom stereocenters. The summed E-state index contributed by atoms with van der Waals surface area (Å²) >= 11 is 0. The summed E-state index contributed by atoms with van der Waals surface area (Å²) in [6.07, 6.45) is 6.79. The molecule has 1 rings (SSSR count). The zero-order valence-electron chi connectivity index (χ0n) is 12.0. The molecule has 1 N–H and O–H groups in total. The number of nitrogens with zero attached hydrogens (tertiary/aromatic N) is 2. The number of likely N-dealkylation sites (tertiary alicyclic amines) is 1. The lowest BCUT2D eigenvalue weighted by molar-refractivity contribution is 0.159. The van der Waals surface area contributed by atoms with Crippen LogP contribution in [0.1, 0.15) is 39.0 Å². The van der Waals surface area contributed by atoms with Crippen molar-refractivity contribution in [3.05, 3.63) is 0 Å². The molecule has 1 heterocycles. The predicted molar refractivity (Wildman–Crippen MR) is 75.5 cm³/mol. The zero-order chi connectivity index (χ0) is 12.5. The molecule has 1 aliphatic rings. The quantitative estimate of drug-likeness (QED) is 0.654. The van der Waals surface area contributed by atoms with E-state index in [2.05, 4.69) is 36.1 Å². The second-order valence-electron chi connectivity index (χ2n) is 5.64. The molecule has 0 amide bonds. The topological polar surface area (TPSA) is 18.5 Å². The van der Waals surface area contributed by atoms with Gasteiger partial charge >= 0.3 is 0 Å². The lowest BCUT2D eigenvalue weighted by Gasteiger charge is -2.33. The number of piperidine rings is 1. The summed E-state index contributed by atoms with van der Waals surface area (Å²) in [6.45, 7) is 8.51. The van der Waals surface area contributed by atoms with Gasteiger partial charge in [-0.1, -0.05) is 6.42 Å². The molecule has 1 fully saturated rings. The molecule has 0 aliphatic carbocycles. The maximum Gasteiger partial charge on any atom is 0.00669 e. The van der Waals surface area contributed by atoms with Gasteiger partial charge in [0.25, 0.3) is 0 Å². The van der Waals surface area contributed by atoms with Crippen LogP contribution in [0.3, 0.4) is 0 Å². The average molecular weight is 241 g/mol. The first-order chi connectivity index (χ1) is 8.20. The monoisotopic (exact) mass is 241 g/mol. The second-order valence-corrected chi connectivity index (χ2v) is 5.64. The summed E-state index contributed by atoms with van der Waals surface area (Å²) in [5.74, 6) is 0. The van der Waals surface area contributed by atoms with Crippen molar-refractivity contribution in [2.24, 2.45) is 0 Å². The number of nitrogens with one attached hydrogen (secondary N) is 1. The van der Waals surface area contributed by atoms with Crippen LogP contribution in [-0.2, 0) is 0 Å². The molecule has 0 saturated carbocycles. The highest BCUT2D eigenvalue weighted by Gasteiger charge is 2.16. The Morgan fingerprint density at radius 1 is 1.18 bits per heavy atom. The van der Waals surface area contributed by atoms with Crippen LogP contribution in [0, 0.1) is 0 Å². The molecule has 0 aromatic carbocycles. The standard InChI is InChI=1S/C14H31N3/c1-14-8-4-5-12-17(14)13-7-10-15-9-6-11-16(2)3/h14-15H,4-13H2,1-3H3. The molecule has 0 spiro atoms. The van der Waals surface area contributed by atoms with Gasteiger partial charge in [-0.05, 0) is 79.4 Å². The molecule has 0 aromatic heterocycles. The minimum Gasteiger partial charge on any atom is -0.317 e. The van der Waals surface area contributed by atoms with Gasteiger partial charge in [0.1, 0.15) is 0 Å². The van der Waals surface area contributed by atoms with Crippen LogP contribution in [-0.4, -0.2) is 62.7 Å². The van der Waals surface area contributed by atoms with Gasteiger partial charge < -0.3 is 15.1 Å². The Morgan fingerprint density at radius 2 is 1.94 bits per heavy atom. The van der Waals surface area contributed by atoms with Crippen molar-refractivity contribution >= 4 is 0 Å². The van der Waals surface area contributed by atoms with Gasteiger partial charge in [0, 0.05) is 6.04 Å². The third-order valence-electron chi connectivity index (χ3n) is 3.70. The summed E-state index contributed by atoms with van der Waals surface area (Å²) < 4.78 is 0. The highest BCUT2D eigenvalue weighted by Crippen LogP contribution is 2.15. The van der Waals surface area contributed by atoms with Crippen molar-refractivity contribution in [3.63, 3.8) is 0 Å². The van der Waals surface area contributed by atoms with E-state index in [1.807, 2.05) is 0 Å². The van der Waals surface area contributed by atoms with Gasteiger partial charge in [-0.2, -0.15) is 0 Å². The molecule has 1 aliphatic heterocycles. The Balaban J connectivity index is 1.89. The lowest BCUT2D eigenvalue weighted by Crippen LogP contribution is -2.39. The maximum absolute atomic E-state index is 3.54. The van der Waals surface area contributed by atoms with E-state index in [4.69, 9.17) is 0 Å². The van der Waals surface area contributed by atoms with Crippen LogP contribution in [0.2, 0.25) is 0 Å². The van der Waals surface area contributed by atoms with E-state index < -0.39 is 0 Å². The number of rotatable bonds is 8. The Labute approximate surface area is 108 Å². The van der Waals surface area contributed by atoms with Gasteiger partial charge in [-0.15, -0.1) is 0 Å². The lowest BCUT2D eigenvalue weighted by atomic mass is 10.0. The van der Waals surface area contributed by atoms with Crippen molar-refractivity contribution < 1.29 is 0 Å². The Kier molecular flexibility index (Phi) is 7.82. The molecule has 102 valence electrons. The predicted octanol–water partition coefficient (Wildman–Crippen LogP) is 1.79. The van der Waals surface area contributed by atoms with Crippen LogP contribution < -0.4 is 5.32 Å². The molecule has 0 radical (unpaired) electrons. The first-order valence-electron chi connectivity index (χ1n) is 7.29. The minimum atomic E-state index is 0.817. The van der Waals surface area contributed by atoms with Crippen LogP contribution in [0.5, 0.6) is 0 Å². The first kappa shape index (κ1) is 14.9. The molecule has 1 atom stereocenters. The van der Waals surface area contributed by atoms with Crippen LogP contribution in [0.25, 0.3) is 0 Å². The third-order valence-corrected chi connectivity index (χ3v) is 3.70. The van der Waals surface area contributed by atoms with Crippen LogP contribution >= 0.6 is 0 Å². The smallest absolute Gasteiger partial charge is 0.00669 e. The Hall–Kier alpha value is -0.120. The molecule has 1 saturated heterocycles. The molecule has 17 heavy (non-hydrogen) atoms. The molecule has 3 nitrogen and oxygen atoms in total. The Bertz CT molecular complexity index is 182. The Morgan fingerprint density at radius 3 is 2.65 bits per heavy atom. The molecule has 0 aromatic rings. The highest BCUT2D eigenvalue weighted by atomic mass is 15.2. The highest BCUT2D eigenvalue weighted by molar-refractivity contribution is 4.72. The third kappa shape index (κ3) is 7.02. The fourth-order valence-corrected chi connectivity index (χ4v) is 2.54. The van der Waals surface area contributed by atoms with E-state index in [0.29, 0.717) is 0 Å². The van der Waals surface area contributed by atoms with E-state index in [0.717, 1.165) is 12.6 Å². The fraction of sp³-hybridized carbons (Fsp3) is 1.00. The molecule has 3 heteroatoms. The van der Waals surface area contributed by atoms with Crippen molar-refractivity contribution in [3.8, 4) is 0 Å². The van der Waals surface area contributed by atoms with Crippen LogP contribution in [0.4, 0.5) is 0 Å². The van der Waals surface area contributed by atoms with E-state index in [1.54, 1.807) is 0 Å². The van der Waals surface area contributed by atoms with Crippen molar-refractivity contribution in [2.45, 2.75) is 45.1 Å². The van der Waals surface area contributed by atoms with E-state index in [1.165, 1.54) is 58.3 Å². The number of hydrogen-bond donors (Lipinski definition) is 1. The zero-order valence-corrected chi connectivity index (χ0v) is 12.0. The van der Waals surface area contributed by atoms with Gasteiger partial charge in [-0.3, -0.25) is 0 Å². The van der Waals surface area contributed by atoms with Crippen molar-refractivity contribution in [1.82, 2.24) is 15.1 Å². The largest absolute Gasteiger partial charge is 0.317 e. The summed E-state index contributed by atoms with van der Waals surface area (Å²) in [4.78, 5) is 4.90. The van der Waals surface area contributed by atoms with Crippen molar-refractivity contribution in [1.29, 1.82) is 0 Å². The summed E-state index contributed by atoms with van der Waals surface area (Å²) in [6, 6.07) is 0.817. The SMILES string of the molecule is CC1CCCCN1CCCNCCCN(C)C. The maximum atomic E-state index is 3.54.